The predicted octanol–water partition coefficient (Wildman–Crippen LogP) is -1.13. The number of pyridine rings is 1. The molecule has 0 fully saturated rings. The maximum absolute atomic E-state index is 11.6. The first-order valence-electron chi connectivity index (χ1n) is 4.57. The van der Waals surface area contributed by atoms with Gasteiger partial charge in [0.15, 0.2) is 0 Å². The number of amides is 1. The Balaban J connectivity index is 2.14. The van der Waals surface area contributed by atoms with E-state index in [-0.39, 0.29) is 11.3 Å². The molecular formula is C8H7BN4O3S. The number of rotatable bonds is 3. The van der Waals surface area contributed by atoms with Gasteiger partial charge in [-0.15, -0.1) is 5.10 Å². The molecule has 0 saturated heterocycles. The lowest BCUT2D eigenvalue weighted by Crippen LogP contribution is -2.30. The van der Waals surface area contributed by atoms with Crippen LogP contribution in [0.25, 0.3) is 0 Å². The predicted molar refractivity (Wildman–Crippen MR) is 61.9 cm³/mol. The first kappa shape index (κ1) is 11.6. The number of nitrogens with zero attached hydrogens (tertiary/aromatic N) is 3. The van der Waals surface area contributed by atoms with Gasteiger partial charge in [0.2, 0.25) is 0 Å². The van der Waals surface area contributed by atoms with Gasteiger partial charge < -0.3 is 15.4 Å². The highest BCUT2D eigenvalue weighted by atomic mass is 32.1. The van der Waals surface area contributed by atoms with Crippen molar-refractivity contribution >= 4 is 35.8 Å². The molecule has 0 atom stereocenters. The van der Waals surface area contributed by atoms with Crippen molar-refractivity contribution in [3.63, 3.8) is 0 Å². The molecule has 0 saturated carbocycles. The maximum Gasteiger partial charge on any atom is 0.488 e. The van der Waals surface area contributed by atoms with Gasteiger partial charge in [0.05, 0.1) is 6.20 Å². The normalized spacial score (nSPS) is 10.0. The zero-order chi connectivity index (χ0) is 12.3. The summed E-state index contributed by atoms with van der Waals surface area (Å²) in [7, 11) is -1.60. The van der Waals surface area contributed by atoms with E-state index in [1.54, 1.807) is 0 Å². The van der Waals surface area contributed by atoms with Crippen LogP contribution in [0.1, 0.15) is 9.67 Å². The zero-order valence-corrected chi connectivity index (χ0v) is 9.26. The van der Waals surface area contributed by atoms with Crippen LogP contribution in [0.2, 0.25) is 0 Å². The molecule has 2 rings (SSSR count). The molecule has 0 radical (unpaired) electrons. The van der Waals surface area contributed by atoms with Crippen molar-refractivity contribution in [3.05, 3.63) is 29.4 Å². The molecule has 3 N–H and O–H groups in total. The Morgan fingerprint density at radius 3 is 2.94 bits per heavy atom. The summed E-state index contributed by atoms with van der Waals surface area (Å²) >= 11 is 0.961. The molecular weight excluding hydrogens is 243 g/mol. The Labute approximate surface area is 100 Å². The molecule has 0 aliphatic heterocycles. The highest BCUT2D eigenvalue weighted by Gasteiger charge is 2.13. The van der Waals surface area contributed by atoms with Crippen LogP contribution in [-0.4, -0.2) is 37.6 Å². The average Bonchev–Trinajstić information content (AvgIpc) is 2.82. The molecule has 2 aromatic heterocycles. The molecule has 0 unspecified atom stereocenters. The van der Waals surface area contributed by atoms with Crippen LogP contribution < -0.4 is 10.8 Å². The van der Waals surface area contributed by atoms with E-state index in [1.807, 2.05) is 0 Å². The number of anilines is 1. The van der Waals surface area contributed by atoms with E-state index in [0.29, 0.717) is 4.88 Å². The first-order valence-corrected chi connectivity index (χ1v) is 5.35. The number of nitrogens with one attached hydrogen (secondary N) is 1. The van der Waals surface area contributed by atoms with E-state index in [9.17, 15) is 4.79 Å². The van der Waals surface area contributed by atoms with Gasteiger partial charge in [-0.05, 0) is 29.1 Å². The molecule has 7 nitrogen and oxygen atoms in total. The summed E-state index contributed by atoms with van der Waals surface area (Å²) in [5.41, 5.74) is 0.248. The summed E-state index contributed by atoms with van der Waals surface area (Å²) in [6, 6.07) is 2.81. The van der Waals surface area contributed by atoms with E-state index < -0.39 is 13.0 Å². The Bertz CT molecular complexity index is 519. The molecule has 0 bridgehead atoms. The van der Waals surface area contributed by atoms with Crippen LogP contribution in [-0.2, 0) is 0 Å². The third kappa shape index (κ3) is 2.84. The summed E-state index contributed by atoms with van der Waals surface area (Å²) in [5.74, 6) is -0.161. The second-order valence-corrected chi connectivity index (χ2v) is 3.87. The van der Waals surface area contributed by atoms with Crippen LogP contribution >= 0.6 is 11.5 Å². The number of aromatic nitrogens is 3. The van der Waals surface area contributed by atoms with E-state index >= 15 is 0 Å². The van der Waals surface area contributed by atoms with Gasteiger partial charge in [-0.3, -0.25) is 4.79 Å². The minimum atomic E-state index is -1.60. The zero-order valence-electron chi connectivity index (χ0n) is 8.44. The third-order valence-electron chi connectivity index (χ3n) is 1.91. The second-order valence-electron chi connectivity index (χ2n) is 3.08. The van der Waals surface area contributed by atoms with E-state index in [1.165, 1.54) is 24.5 Å². The van der Waals surface area contributed by atoms with Gasteiger partial charge in [0, 0.05) is 6.20 Å². The Morgan fingerprint density at radius 1 is 1.47 bits per heavy atom. The number of carbonyl (C=O) groups is 1. The summed E-state index contributed by atoms with van der Waals surface area (Å²) in [5, 5.41) is 24.0. The van der Waals surface area contributed by atoms with Crippen LogP contribution in [0.5, 0.6) is 0 Å². The largest absolute Gasteiger partial charge is 0.488 e. The Morgan fingerprint density at radius 2 is 2.29 bits per heavy atom. The minimum Gasteiger partial charge on any atom is -0.423 e. The van der Waals surface area contributed by atoms with Gasteiger partial charge in [0.1, 0.15) is 10.7 Å². The third-order valence-corrected chi connectivity index (χ3v) is 2.57. The van der Waals surface area contributed by atoms with E-state index in [2.05, 4.69) is 19.9 Å². The van der Waals surface area contributed by atoms with Gasteiger partial charge in [-0.1, -0.05) is 4.49 Å². The molecule has 2 heterocycles. The lowest BCUT2D eigenvalue weighted by atomic mass is 9.81. The Hall–Kier alpha value is -1.84. The summed E-state index contributed by atoms with van der Waals surface area (Å²) in [6.45, 7) is 0. The quantitative estimate of drug-likeness (QED) is 0.594. The van der Waals surface area contributed by atoms with Gasteiger partial charge in [-0.25, -0.2) is 4.98 Å². The fourth-order valence-electron chi connectivity index (χ4n) is 1.12. The van der Waals surface area contributed by atoms with Crippen LogP contribution in [0.15, 0.2) is 24.5 Å². The molecule has 17 heavy (non-hydrogen) atoms. The van der Waals surface area contributed by atoms with Crippen molar-refractivity contribution in [3.8, 4) is 0 Å². The molecule has 0 spiro atoms. The molecule has 9 heteroatoms. The maximum atomic E-state index is 11.6. The van der Waals surface area contributed by atoms with Crippen molar-refractivity contribution in [1.29, 1.82) is 0 Å². The summed E-state index contributed by atoms with van der Waals surface area (Å²) < 4.78 is 3.56. The van der Waals surface area contributed by atoms with Crippen molar-refractivity contribution < 1.29 is 14.8 Å². The first-order chi connectivity index (χ1) is 8.16. The van der Waals surface area contributed by atoms with Crippen molar-refractivity contribution in [2.24, 2.45) is 0 Å². The second kappa shape index (κ2) is 5.00. The topological polar surface area (TPSA) is 108 Å². The lowest BCUT2D eigenvalue weighted by Gasteiger charge is -2.04. The molecule has 0 aliphatic rings. The summed E-state index contributed by atoms with van der Waals surface area (Å²) in [6.07, 6.45) is 2.71. The van der Waals surface area contributed by atoms with Gasteiger partial charge >= 0.3 is 7.12 Å². The fraction of sp³-hybridized carbons (Fsp3) is 0. The van der Waals surface area contributed by atoms with Crippen molar-refractivity contribution in [2.75, 3.05) is 5.32 Å². The SMILES string of the molecule is O=C(Nc1cc(B(O)O)ccn1)c1cnns1. The van der Waals surface area contributed by atoms with Gasteiger partial charge in [0.25, 0.3) is 5.91 Å². The lowest BCUT2D eigenvalue weighted by molar-refractivity contribution is 0.103. The van der Waals surface area contributed by atoms with E-state index in [0.717, 1.165) is 11.5 Å². The van der Waals surface area contributed by atoms with Crippen molar-refractivity contribution in [1.82, 2.24) is 14.6 Å². The molecule has 0 aromatic carbocycles. The van der Waals surface area contributed by atoms with Crippen LogP contribution in [0.4, 0.5) is 5.82 Å². The van der Waals surface area contributed by atoms with Gasteiger partial charge in [-0.2, -0.15) is 0 Å². The van der Waals surface area contributed by atoms with E-state index in [4.69, 9.17) is 10.0 Å². The standard InChI is InChI=1S/C8H7BN4O3S/c14-8(6-4-11-13-17-6)12-7-3-5(9(15)16)1-2-10-7/h1-4,15-16H,(H,10,12,14). The summed E-state index contributed by atoms with van der Waals surface area (Å²) in [4.78, 5) is 15.8. The highest BCUT2D eigenvalue weighted by Crippen LogP contribution is 2.06. The number of hydrogen-bond donors (Lipinski definition) is 3. The van der Waals surface area contributed by atoms with Crippen LogP contribution in [0, 0.1) is 0 Å². The number of carbonyl (C=O) groups excluding carboxylic acids is 1. The average molecular weight is 250 g/mol. The molecule has 86 valence electrons. The monoisotopic (exact) mass is 250 g/mol. The molecule has 0 aliphatic carbocycles. The molecule has 1 amide bonds. The molecule has 2 aromatic rings. The fourth-order valence-corrected chi connectivity index (χ4v) is 1.53. The minimum absolute atomic E-state index is 0.231. The van der Waals surface area contributed by atoms with Crippen molar-refractivity contribution in [2.45, 2.75) is 0 Å². The smallest absolute Gasteiger partial charge is 0.423 e. The number of hydrogen-bond acceptors (Lipinski definition) is 7. The highest BCUT2D eigenvalue weighted by molar-refractivity contribution is 7.07. The Kier molecular flexibility index (Phi) is 3.42. The van der Waals surface area contributed by atoms with Crippen LogP contribution in [0.3, 0.4) is 0 Å².